The Kier molecular flexibility index (Phi) is 3.37. The molecular weight excluding hydrogens is 251 g/mol. The van der Waals surface area contributed by atoms with E-state index in [1.165, 1.54) is 16.8 Å². The molecule has 3 N–H and O–H groups in total. The standard InChI is InChI=1S/C12H13FN4O2/c1-7-5-11(17(2)15-7)19-10-4-3-8(13)6-9(10)12(14)16-18/h3-6,18H,1-2H3,(H2,14,16). The highest BCUT2D eigenvalue weighted by Crippen LogP contribution is 2.26. The molecule has 6 nitrogen and oxygen atoms in total. The average Bonchev–Trinajstić information content (AvgIpc) is 2.69. The predicted octanol–water partition coefficient (Wildman–Crippen LogP) is 1.75. The maximum absolute atomic E-state index is 13.2. The second kappa shape index (κ2) is 4.97. The minimum atomic E-state index is -0.505. The third kappa shape index (κ3) is 2.65. The molecule has 0 atom stereocenters. The van der Waals surface area contributed by atoms with Gasteiger partial charge >= 0.3 is 0 Å². The Bertz CT molecular complexity index is 637. The van der Waals surface area contributed by atoms with Gasteiger partial charge in [0.15, 0.2) is 5.84 Å². The van der Waals surface area contributed by atoms with E-state index in [-0.39, 0.29) is 17.1 Å². The number of ether oxygens (including phenoxy) is 1. The molecule has 0 saturated carbocycles. The number of aryl methyl sites for hydroxylation is 2. The molecule has 19 heavy (non-hydrogen) atoms. The molecule has 0 aliphatic rings. The molecule has 0 aliphatic carbocycles. The fourth-order valence-corrected chi connectivity index (χ4v) is 1.64. The fraction of sp³-hybridized carbons (Fsp3) is 0.167. The number of nitrogens with two attached hydrogens (primary N) is 1. The summed E-state index contributed by atoms with van der Waals surface area (Å²) in [6, 6.07) is 5.49. The Morgan fingerprint density at radius 3 is 2.79 bits per heavy atom. The Balaban J connectivity index is 2.42. The number of hydrogen-bond acceptors (Lipinski definition) is 4. The molecule has 0 saturated heterocycles. The quantitative estimate of drug-likeness (QED) is 0.383. The normalized spacial score (nSPS) is 11.6. The summed E-state index contributed by atoms with van der Waals surface area (Å²) < 4.78 is 20.3. The SMILES string of the molecule is Cc1cc(Oc2ccc(F)cc2/C(N)=N/O)n(C)n1. The van der Waals surface area contributed by atoms with Crippen molar-refractivity contribution in [3.05, 3.63) is 41.3 Å². The fourth-order valence-electron chi connectivity index (χ4n) is 1.64. The van der Waals surface area contributed by atoms with Gasteiger partial charge in [-0.1, -0.05) is 5.16 Å². The lowest BCUT2D eigenvalue weighted by Crippen LogP contribution is -2.14. The van der Waals surface area contributed by atoms with Crippen molar-refractivity contribution in [3.63, 3.8) is 0 Å². The summed E-state index contributed by atoms with van der Waals surface area (Å²) in [5.41, 5.74) is 6.44. The second-order valence-corrected chi connectivity index (χ2v) is 3.98. The number of rotatable bonds is 3. The lowest BCUT2D eigenvalue weighted by Gasteiger charge is -2.10. The van der Waals surface area contributed by atoms with E-state index >= 15 is 0 Å². The average molecular weight is 264 g/mol. The van der Waals surface area contributed by atoms with Gasteiger partial charge in [-0.15, -0.1) is 0 Å². The summed E-state index contributed by atoms with van der Waals surface area (Å²) in [5.74, 6) is 0.0133. The van der Waals surface area contributed by atoms with Gasteiger partial charge in [0.05, 0.1) is 11.3 Å². The van der Waals surface area contributed by atoms with E-state index in [0.29, 0.717) is 5.88 Å². The largest absolute Gasteiger partial charge is 0.439 e. The Labute approximate surface area is 108 Å². The first-order valence-corrected chi connectivity index (χ1v) is 5.47. The molecule has 1 aromatic carbocycles. The summed E-state index contributed by atoms with van der Waals surface area (Å²) >= 11 is 0. The zero-order chi connectivity index (χ0) is 14.0. The van der Waals surface area contributed by atoms with Crippen LogP contribution in [-0.4, -0.2) is 20.8 Å². The monoisotopic (exact) mass is 264 g/mol. The molecule has 0 spiro atoms. The highest BCUT2D eigenvalue weighted by Gasteiger charge is 2.13. The zero-order valence-corrected chi connectivity index (χ0v) is 10.5. The van der Waals surface area contributed by atoms with Gasteiger partial charge in [0.1, 0.15) is 11.6 Å². The van der Waals surface area contributed by atoms with E-state index in [0.717, 1.165) is 11.8 Å². The van der Waals surface area contributed by atoms with Crippen molar-refractivity contribution in [1.29, 1.82) is 0 Å². The van der Waals surface area contributed by atoms with Crippen LogP contribution in [0.2, 0.25) is 0 Å². The maximum atomic E-state index is 13.2. The topological polar surface area (TPSA) is 85.7 Å². The lowest BCUT2D eigenvalue weighted by atomic mass is 10.2. The van der Waals surface area contributed by atoms with Gasteiger partial charge in [0, 0.05) is 13.1 Å². The Morgan fingerprint density at radius 1 is 1.47 bits per heavy atom. The van der Waals surface area contributed by atoms with Crippen LogP contribution in [0.25, 0.3) is 0 Å². The smallest absolute Gasteiger partial charge is 0.217 e. The number of oxime groups is 1. The molecule has 0 bridgehead atoms. The number of amidine groups is 1. The molecule has 2 aromatic rings. The predicted molar refractivity (Wildman–Crippen MR) is 66.9 cm³/mol. The van der Waals surface area contributed by atoms with Crippen LogP contribution in [0.3, 0.4) is 0 Å². The van der Waals surface area contributed by atoms with Crippen molar-refractivity contribution < 1.29 is 14.3 Å². The number of hydrogen-bond donors (Lipinski definition) is 2. The van der Waals surface area contributed by atoms with Crippen molar-refractivity contribution >= 4 is 5.84 Å². The van der Waals surface area contributed by atoms with E-state index in [2.05, 4.69) is 10.3 Å². The summed E-state index contributed by atoms with van der Waals surface area (Å²) in [5, 5.41) is 15.7. The van der Waals surface area contributed by atoms with Gasteiger partial charge in [-0.25, -0.2) is 9.07 Å². The lowest BCUT2D eigenvalue weighted by molar-refractivity contribution is 0.318. The number of aromatic nitrogens is 2. The summed E-state index contributed by atoms with van der Waals surface area (Å²) in [6.07, 6.45) is 0. The molecule has 1 heterocycles. The molecule has 0 radical (unpaired) electrons. The number of halogens is 1. The molecule has 2 rings (SSSR count). The van der Waals surface area contributed by atoms with Gasteiger partial charge in [-0.3, -0.25) is 0 Å². The molecule has 100 valence electrons. The number of benzene rings is 1. The first-order chi connectivity index (χ1) is 9.01. The van der Waals surface area contributed by atoms with Crippen molar-refractivity contribution in [1.82, 2.24) is 9.78 Å². The summed E-state index contributed by atoms with van der Waals surface area (Å²) in [7, 11) is 1.72. The van der Waals surface area contributed by atoms with E-state index in [4.69, 9.17) is 15.7 Å². The van der Waals surface area contributed by atoms with Crippen LogP contribution in [0, 0.1) is 12.7 Å². The van der Waals surface area contributed by atoms with E-state index in [9.17, 15) is 4.39 Å². The van der Waals surface area contributed by atoms with Crippen LogP contribution in [0.1, 0.15) is 11.3 Å². The van der Waals surface area contributed by atoms with Gasteiger partial charge in [-0.05, 0) is 25.1 Å². The van der Waals surface area contributed by atoms with Gasteiger partial charge in [0.2, 0.25) is 5.88 Å². The number of nitrogens with zero attached hydrogens (tertiary/aromatic N) is 3. The third-order valence-corrected chi connectivity index (χ3v) is 2.50. The summed E-state index contributed by atoms with van der Waals surface area (Å²) in [4.78, 5) is 0. The molecule has 7 heteroatoms. The Morgan fingerprint density at radius 2 is 2.21 bits per heavy atom. The van der Waals surface area contributed by atoms with Crippen LogP contribution in [0.5, 0.6) is 11.6 Å². The summed E-state index contributed by atoms with van der Waals surface area (Å²) in [6.45, 7) is 1.82. The van der Waals surface area contributed by atoms with Crippen molar-refractivity contribution in [3.8, 4) is 11.6 Å². The van der Waals surface area contributed by atoms with Crippen LogP contribution >= 0.6 is 0 Å². The molecule has 0 fully saturated rings. The van der Waals surface area contributed by atoms with E-state index in [1.807, 2.05) is 6.92 Å². The second-order valence-electron chi connectivity index (χ2n) is 3.98. The van der Waals surface area contributed by atoms with Crippen molar-refractivity contribution in [2.45, 2.75) is 6.92 Å². The molecule has 0 unspecified atom stereocenters. The van der Waals surface area contributed by atoms with Gasteiger partial charge in [0.25, 0.3) is 0 Å². The molecule has 0 amide bonds. The maximum Gasteiger partial charge on any atom is 0.217 e. The molecular formula is C12H13FN4O2. The highest BCUT2D eigenvalue weighted by atomic mass is 19.1. The minimum Gasteiger partial charge on any atom is -0.439 e. The van der Waals surface area contributed by atoms with Gasteiger partial charge in [-0.2, -0.15) is 5.10 Å². The van der Waals surface area contributed by atoms with Crippen LogP contribution in [-0.2, 0) is 7.05 Å². The van der Waals surface area contributed by atoms with Crippen molar-refractivity contribution in [2.75, 3.05) is 0 Å². The minimum absolute atomic E-state index is 0.168. The first-order valence-electron chi connectivity index (χ1n) is 5.47. The van der Waals surface area contributed by atoms with Gasteiger partial charge < -0.3 is 15.7 Å². The first kappa shape index (κ1) is 12.9. The third-order valence-electron chi connectivity index (χ3n) is 2.50. The van der Waals surface area contributed by atoms with Crippen LogP contribution < -0.4 is 10.5 Å². The highest BCUT2D eigenvalue weighted by molar-refractivity contribution is 5.99. The zero-order valence-electron chi connectivity index (χ0n) is 10.5. The molecule has 1 aromatic heterocycles. The van der Waals surface area contributed by atoms with Crippen LogP contribution in [0.15, 0.2) is 29.4 Å². The van der Waals surface area contributed by atoms with Crippen molar-refractivity contribution in [2.24, 2.45) is 17.9 Å². The Hall–Kier alpha value is -2.57. The van der Waals surface area contributed by atoms with Crippen LogP contribution in [0.4, 0.5) is 4.39 Å². The molecule has 0 aliphatic heterocycles. The van der Waals surface area contributed by atoms with E-state index < -0.39 is 5.82 Å². The van der Waals surface area contributed by atoms with E-state index in [1.54, 1.807) is 13.1 Å².